The summed E-state index contributed by atoms with van der Waals surface area (Å²) in [6.07, 6.45) is 0.867. The molecule has 24 heavy (non-hydrogen) atoms. The van der Waals surface area contributed by atoms with Crippen LogP contribution in [0.2, 0.25) is 5.02 Å². The van der Waals surface area contributed by atoms with Crippen molar-refractivity contribution in [3.05, 3.63) is 64.7 Å². The van der Waals surface area contributed by atoms with E-state index in [1.54, 1.807) is 0 Å². The van der Waals surface area contributed by atoms with E-state index in [0.717, 1.165) is 28.3 Å². The molecule has 2 aromatic carbocycles. The topological polar surface area (TPSA) is 38.3 Å². The summed E-state index contributed by atoms with van der Waals surface area (Å²) in [5, 5.41) is 3.85. The second-order valence-electron chi connectivity index (χ2n) is 6.20. The van der Waals surface area contributed by atoms with Crippen LogP contribution in [0.3, 0.4) is 0 Å². The molecule has 0 saturated heterocycles. The van der Waals surface area contributed by atoms with Gasteiger partial charge in [-0.25, -0.2) is 0 Å². The third-order valence-corrected chi connectivity index (χ3v) is 4.83. The molecule has 1 fully saturated rings. The van der Waals surface area contributed by atoms with Gasteiger partial charge in [-0.1, -0.05) is 41.9 Å². The highest BCUT2D eigenvalue weighted by Crippen LogP contribution is 2.49. The van der Waals surface area contributed by atoms with Gasteiger partial charge < -0.3 is 10.1 Å². The Morgan fingerprint density at radius 3 is 2.62 bits per heavy atom. The number of benzene rings is 2. The number of amides is 1. The van der Waals surface area contributed by atoms with Crippen LogP contribution < -0.4 is 10.1 Å². The van der Waals surface area contributed by atoms with Crippen molar-refractivity contribution in [3.8, 4) is 5.75 Å². The Morgan fingerprint density at radius 2 is 1.96 bits per heavy atom. The van der Waals surface area contributed by atoms with E-state index in [2.05, 4.69) is 5.32 Å². The molecule has 3 unspecified atom stereocenters. The highest BCUT2D eigenvalue weighted by Gasteiger charge is 2.45. The summed E-state index contributed by atoms with van der Waals surface area (Å²) in [4.78, 5) is 12.5. The van der Waals surface area contributed by atoms with Crippen LogP contribution in [-0.4, -0.2) is 12.5 Å². The van der Waals surface area contributed by atoms with Gasteiger partial charge in [-0.2, -0.15) is 0 Å². The molecule has 1 saturated carbocycles. The SMILES string of the molecule is CCOc1ccc(C(C)NC(=O)C2CC2c2ccccc2Cl)cc1. The van der Waals surface area contributed by atoms with Crippen molar-refractivity contribution in [2.75, 3.05) is 6.61 Å². The molecule has 1 aliphatic rings. The maximum atomic E-state index is 12.5. The van der Waals surface area contributed by atoms with Crippen molar-refractivity contribution >= 4 is 17.5 Å². The number of hydrogen-bond donors (Lipinski definition) is 1. The summed E-state index contributed by atoms with van der Waals surface area (Å²) in [5.41, 5.74) is 2.15. The molecule has 3 rings (SSSR count). The minimum Gasteiger partial charge on any atom is -0.494 e. The molecule has 1 N–H and O–H groups in total. The van der Waals surface area contributed by atoms with Crippen LogP contribution in [-0.2, 0) is 4.79 Å². The second-order valence-corrected chi connectivity index (χ2v) is 6.61. The molecule has 4 heteroatoms. The normalized spacial score (nSPS) is 20.3. The van der Waals surface area contributed by atoms with E-state index in [1.807, 2.05) is 62.4 Å². The van der Waals surface area contributed by atoms with Gasteiger partial charge in [0.15, 0.2) is 0 Å². The summed E-state index contributed by atoms with van der Waals surface area (Å²) in [6.45, 7) is 4.61. The highest BCUT2D eigenvalue weighted by atomic mass is 35.5. The minimum atomic E-state index is -0.0272. The lowest BCUT2D eigenvalue weighted by atomic mass is 10.1. The predicted octanol–water partition coefficient (Wildman–Crippen LogP) is 4.72. The van der Waals surface area contributed by atoms with E-state index >= 15 is 0 Å². The van der Waals surface area contributed by atoms with Crippen molar-refractivity contribution in [2.45, 2.75) is 32.2 Å². The molecular formula is C20H22ClNO2. The van der Waals surface area contributed by atoms with Crippen molar-refractivity contribution in [3.63, 3.8) is 0 Å². The second kappa shape index (κ2) is 7.27. The van der Waals surface area contributed by atoms with E-state index in [-0.39, 0.29) is 23.8 Å². The first-order chi connectivity index (χ1) is 11.6. The van der Waals surface area contributed by atoms with Gasteiger partial charge in [0.2, 0.25) is 5.91 Å². The average Bonchev–Trinajstić information content (AvgIpc) is 3.37. The zero-order valence-electron chi connectivity index (χ0n) is 14.0. The number of carbonyl (C=O) groups excluding carboxylic acids is 1. The van der Waals surface area contributed by atoms with Gasteiger partial charge in [0.05, 0.1) is 12.6 Å². The Labute approximate surface area is 148 Å². The fraction of sp³-hybridized carbons (Fsp3) is 0.350. The molecule has 0 bridgehead atoms. The van der Waals surface area contributed by atoms with Crippen LogP contribution >= 0.6 is 11.6 Å². The smallest absolute Gasteiger partial charge is 0.224 e. The van der Waals surface area contributed by atoms with Crippen molar-refractivity contribution in [1.29, 1.82) is 0 Å². The van der Waals surface area contributed by atoms with Gasteiger partial charge in [-0.05, 0) is 55.5 Å². The number of rotatable bonds is 6. The molecule has 3 atom stereocenters. The lowest BCUT2D eigenvalue weighted by molar-refractivity contribution is -0.123. The third kappa shape index (κ3) is 3.73. The molecule has 1 amide bonds. The Hall–Kier alpha value is -2.00. The van der Waals surface area contributed by atoms with Crippen LogP contribution in [0.4, 0.5) is 0 Å². The van der Waals surface area contributed by atoms with Gasteiger partial charge in [-0.15, -0.1) is 0 Å². The first kappa shape index (κ1) is 16.8. The first-order valence-electron chi connectivity index (χ1n) is 8.37. The largest absolute Gasteiger partial charge is 0.494 e. The van der Waals surface area contributed by atoms with Crippen molar-refractivity contribution in [2.24, 2.45) is 5.92 Å². The molecule has 2 aromatic rings. The Kier molecular flexibility index (Phi) is 5.10. The summed E-state index contributed by atoms with van der Waals surface area (Å²) in [5.74, 6) is 1.21. The quantitative estimate of drug-likeness (QED) is 0.824. The third-order valence-electron chi connectivity index (χ3n) is 4.48. The monoisotopic (exact) mass is 343 g/mol. The van der Waals surface area contributed by atoms with E-state index in [0.29, 0.717) is 6.61 Å². The van der Waals surface area contributed by atoms with Crippen LogP contribution in [0.25, 0.3) is 0 Å². The van der Waals surface area contributed by atoms with Crippen molar-refractivity contribution < 1.29 is 9.53 Å². The Bertz CT molecular complexity index is 714. The number of hydrogen-bond acceptors (Lipinski definition) is 2. The number of carbonyl (C=O) groups is 1. The predicted molar refractivity (Wildman–Crippen MR) is 96.5 cm³/mol. The number of nitrogens with one attached hydrogen (secondary N) is 1. The molecule has 3 nitrogen and oxygen atoms in total. The highest BCUT2D eigenvalue weighted by molar-refractivity contribution is 6.31. The van der Waals surface area contributed by atoms with E-state index in [1.165, 1.54) is 0 Å². The molecule has 0 spiro atoms. The van der Waals surface area contributed by atoms with Gasteiger partial charge in [0.25, 0.3) is 0 Å². The Balaban J connectivity index is 1.58. The van der Waals surface area contributed by atoms with Crippen LogP contribution in [0.5, 0.6) is 5.75 Å². The van der Waals surface area contributed by atoms with Gasteiger partial charge in [0, 0.05) is 10.9 Å². The van der Waals surface area contributed by atoms with Crippen LogP contribution in [0.15, 0.2) is 48.5 Å². The standard InChI is InChI=1S/C20H22ClNO2/c1-3-24-15-10-8-14(9-11-15)13(2)22-20(23)18-12-17(18)16-6-4-5-7-19(16)21/h4-11,13,17-18H,3,12H2,1-2H3,(H,22,23). The fourth-order valence-corrected chi connectivity index (χ4v) is 3.30. The molecular weight excluding hydrogens is 322 g/mol. The zero-order valence-corrected chi connectivity index (χ0v) is 14.7. The van der Waals surface area contributed by atoms with E-state index in [4.69, 9.17) is 16.3 Å². The van der Waals surface area contributed by atoms with Gasteiger partial charge >= 0.3 is 0 Å². The van der Waals surface area contributed by atoms with Crippen molar-refractivity contribution in [1.82, 2.24) is 5.32 Å². The lowest BCUT2D eigenvalue weighted by Gasteiger charge is -2.15. The molecule has 0 heterocycles. The van der Waals surface area contributed by atoms with E-state index in [9.17, 15) is 4.79 Å². The summed E-state index contributed by atoms with van der Waals surface area (Å²) in [6, 6.07) is 15.6. The average molecular weight is 344 g/mol. The maximum Gasteiger partial charge on any atom is 0.224 e. The van der Waals surface area contributed by atoms with Gasteiger partial charge in [0.1, 0.15) is 5.75 Å². The van der Waals surface area contributed by atoms with Crippen LogP contribution in [0, 0.1) is 5.92 Å². The maximum absolute atomic E-state index is 12.5. The molecule has 0 aromatic heterocycles. The molecule has 0 radical (unpaired) electrons. The fourth-order valence-electron chi connectivity index (χ4n) is 3.03. The van der Waals surface area contributed by atoms with Crippen LogP contribution in [0.1, 0.15) is 43.4 Å². The lowest BCUT2D eigenvalue weighted by Crippen LogP contribution is -2.28. The summed E-state index contributed by atoms with van der Waals surface area (Å²) < 4.78 is 5.44. The number of halogens is 1. The first-order valence-corrected chi connectivity index (χ1v) is 8.75. The summed E-state index contributed by atoms with van der Waals surface area (Å²) >= 11 is 6.23. The minimum absolute atomic E-state index is 0.0232. The molecule has 0 aliphatic heterocycles. The Morgan fingerprint density at radius 1 is 1.25 bits per heavy atom. The summed E-state index contributed by atoms with van der Waals surface area (Å²) in [7, 11) is 0. The number of ether oxygens (including phenoxy) is 1. The van der Waals surface area contributed by atoms with Gasteiger partial charge in [-0.3, -0.25) is 4.79 Å². The molecule has 1 aliphatic carbocycles. The zero-order chi connectivity index (χ0) is 17.1. The van der Waals surface area contributed by atoms with E-state index < -0.39 is 0 Å². The molecule has 126 valence electrons.